The molecule has 0 aliphatic heterocycles. The van der Waals surface area contributed by atoms with E-state index in [1.54, 1.807) is 0 Å². The fourth-order valence-electron chi connectivity index (χ4n) is 2.11. The van der Waals surface area contributed by atoms with Crippen molar-refractivity contribution in [3.8, 4) is 0 Å². The van der Waals surface area contributed by atoms with E-state index in [-0.39, 0.29) is 5.56 Å². The molecule has 21 heavy (non-hydrogen) atoms. The average Bonchev–Trinajstić information content (AvgIpc) is 2.91. The molecule has 0 aromatic heterocycles. The molecule has 2 nitrogen and oxygen atoms in total. The van der Waals surface area contributed by atoms with Crippen molar-refractivity contribution in [1.29, 1.82) is 0 Å². The van der Waals surface area contributed by atoms with Gasteiger partial charge in [-0.1, -0.05) is 47.5 Å². The van der Waals surface area contributed by atoms with Gasteiger partial charge in [-0.05, 0) is 5.56 Å². The number of hydrogen-bond donors (Lipinski definition) is 1. The molecule has 1 aliphatic rings. The van der Waals surface area contributed by atoms with Crippen molar-refractivity contribution in [1.82, 2.24) is 0 Å². The van der Waals surface area contributed by atoms with Gasteiger partial charge >= 0.3 is 18.1 Å². The summed E-state index contributed by atoms with van der Waals surface area (Å²) in [6.07, 6.45) is -5.71. The molecule has 1 fully saturated rings. The molecule has 2 atom stereocenters. The van der Waals surface area contributed by atoms with Gasteiger partial charge in [-0.15, -0.1) is 0 Å². The van der Waals surface area contributed by atoms with Gasteiger partial charge in [-0.25, -0.2) is 0 Å². The van der Waals surface area contributed by atoms with Crippen molar-refractivity contribution < 1.29 is 31.9 Å². The number of alkyl halides is 7. The molecule has 1 aromatic carbocycles. The van der Waals surface area contributed by atoms with Crippen LogP contribution < -0.4 is 0 Å². The Labute approximate surface area is 125 Å². The van der Waals surface area contributed by atoms with E-state index in [2.05, 4.69) is 0 Å². The molecule has 1 aliphatic carbocycles. The minimum absolute atomic E-state index is 0.189. The van der Waals surface area contributed by atoms with E-state index in [1.807, 2.05) is 0 Å². The van der Waals surface area contributed by atoms with Gasteiger partial charge in [0.1, 0.15) is 4.33 Å². The van der Waals surface area contributed by atoms with Crippen LogP contribution in [0.5, 0.6) is 0 Å². The molecule has 0 heterocycles. The van der Waals surface area contributed by atoms with Crippen LogP contribution >= 0.6 is 23.2 Å². The van der Waals surface area contributed by atoms with Crippen LogP contribution in [-0.2, 0) is 10.7 Å². The molecule has 9 heteroatoms. The lowest BCUT2D eigenvalue weighted by Gasteiger charge is -2.20. The van der Waals surface area contributed by atoms with Crippen molar-refractivity contribution in [2.24, 2.45) is 5.92 Å². The fourth-order valence-corrected chi connectivity index (χ4v) is 2.93. The maximum Gasteiger partial charge on any atom is 0.458 e. The third-order valence-corrected chi connectivity index (χ3v) is 4.25. The minimum atomic E-state index is -5.71. The van der Waals surface area contributed by atoms with E-state index in [0.717, 1.165) is 12.1 Å². The second-order valence-electron chi connectivity index (χ2n) is 4.66. The van der Waals surface area contributed by atoms with Crippen molar-refractivity contribution in [3.63, 3.8) is 0 Å². The largest absolute Gasteiger partial charge is 0.481 e. The minimum Gasteiger partial charge on any atom is -0.481 e. The fraction of sp³-hybridized carbons (Fsp3) is 0.417. The van der Waals surface area contributed by atoms with Crippen molar-refractivity contribution in [3.05, 3.63) is 35.4 Å². The number of hydrogen-bond acceptors (Lipinski definition) is 1. The predicted octanol–water partition coefficient (Wildman–Crippen LogP) is 4.31. The normalized spacial score (nSPS) is 24.7. The van der Waals surface area contributed by atoms with E-state index in [9.17, 15) is 26.7 Å². The summed E-state index contributed by atoms with van der Waals surface area (Å²) in [6, 6.07) is 3.12. The molecular weight excluding hydrogens is 342 g/mol. The van der Waals surface area contributed by atoms with Crippen LogP contribution in [0.15, 0.2) is 24.3 Å². The number of aliphatic carboxylic acids is 1. The summed E-state index contributed by atoms with van der Waals surface area (Å²) >= 11 is 11.5. The van der Waals surface area contributed by atoms with Crippen LogP contribution in [0.3, 0.4) is 0 Å². The topological polar surface area (TPSA) is 37.3 Å². The van der Waals surface area contributed by atoms with Crippen LogP contribution in [0.25, 0.3) is 0 Å². The highest BCUT2D eigenvalue weighted by atomic mass is 35.5. The van der Waals surface area contributed by atoms with Crippen LogP contribution in [0.4, 0.5) is 22.0 Å². The Morgan fingerprint density at radius 1 is 1.10 bits per heavy atom. The van der Waals surface area contributed by atoms with Crippen molar-refractivity contribution >= 4 is 29.2 Å². The summed E-state index contributed by atoms with van der Waals surface area (Å²) in [4.78, 5) is 10.9. The third-order valence-electron chi connectivity index (χ3n) is 3.31. The highest BCUT2D eigenvalue weighted by molar-refractivity contribution is 6.53. The van der Waals surface area contributed by atoms with Gasteiger partial charge in [0.15, 0.2) is 0 Å². The zero-order valence-corrected chi connectivity index (χ0v) is 11.5. The molecule has 2 unspecified atom stereocenters. The number of rotatable bonds is 3. The van der Waals surface area contributed by atoms with Gasteiger partial charge in [0.25, 0.3) is 0 Å². The second-order valence-corrected chi connectivity index (χ2v) is 6.11. The monoisotopic (exact) mass is 348 g/mol. The van der Waals surface area contributed by atoms with Crippen molar-refractivity contribution in [2.45, 2.75) is 22.4 Å². The lowest BCUT2D eigenvalue weighted by atomic mass is 10.0. The average molecular weight is 349 g/mol. The second kappa shape index (κ2) is 4.71. The number of carboxylic acids is 1. The molecule has 0 radical (unpaired) electrons. The Morgan fingerprint density at radius 3 is 1.90 bits per heavy atom. The Hall–Kier alpha value is -1.08. The summed E-state index contributed by atoms with van der Waals surface area (Å²) in [7, 11) is 0. The lowest BCUT2D eigenvalue weighted by Crippen LogP contribution is -2.33. The number of carboxylic acid groups (broad SMARTS) is 1. The number of halogens is 7. The molecule has 2 rings (SSSR count). The molecule has 1 saturated carbocycles. The Bertz CT molecular complexity index is 568. The molecule has 0 amide bonds. The smallest absolute Gasteiger partial charge is 0.458 e. The van der Waals surface area contributed by atoms with Crippen LogP contribution in [0.1, 0.15) is 17.0 Å². The molecule has 1 N–H and O–H groups in total. The first-order valence-electron chi connectivity index (χ1n) is 5.56. The maximum absolute atomic E-state index is 13.1. The lowest BCUT2D eigenvalue weighted by molar-refractivity contribution is -0.289. The van der Waals surface area contributed by atoms with Crippen molar-refractivity contribution in [2.75, 3.05) is 0 Å². The Morgan fingerprint density at radius 2 is 1.57 bits per heavy atom. The van der Waals surface area contributed by atoms with Gasteiger partial charge < -0.3 is 5.11 Å². The third kappa shape index (κ3) is 2.57. The van der Waals surface area contributed by atoms with E-state index < -0.39 is 39.8 Å². The Balaban J connectivity index is 2.28. The van der Waals surface area contributed by atoms with Crippen LogP contribution in [0.2, 0.25) is 0 Å². The van der Waals surface area contributed by atoms with Crippen LogP contribution in [-0.4, -0.2) is 21.6 Å². The van der Waals surface area contributed by atoms with E-state index >= 15 is 0 Å². The van der Waals surface area contributed by atoms with Gasteiger partial charge in [-0.3, -0.25) is 4.79 Å². The predicted molar refractivity (Wildman–Crippen MR) is 64.7 cm³/mol. The molecule has 0 bridgehead atoms. The SMILES string of the molecule is O=C(O)C1C(c2ccc(C(F)(F)C(F)(F)F)cc2)C1(Cl)Cl. The van der Waals surface area contributed by atoms with E-state index in [1.165, 1.54) is 0 Å². The Kier molecular flexibility index (Phi) is 3.65. The number of benzene rings is 1. The summed E-state index contributed by atoms with van der Waals surface area (Å²) in [5.74, 6) is -8.24. The maximum atomic E-state index is 13.1. The quantitative estimate of drug-likeness (QED) is 0.652. The molecule has 1 aromatic rings. The highest BCUT2D eigenvalue weighted by Crippen LogP contribution is 2.65. The van der Waals surface area contributed by atoms with Crippen LogP contribution in [0, 0.1) is 5.92 Å². The van der Waals surface area contributed by atoms with E-state index in [4.69, 9.17) is 28.3 Å². The molecule has 0 saturated heterocycles. The zero-order valence-electron chi connectivity index (χ0n) is 9.97. The molecule has 0 spiro atoms. The first-order valence-corrected chi connectivity index (χ1v) is 6.32. The summed E-state index contributed by atoms with van der Waals surface area (Å²) in [5, 5.41) is 8.87. The van der Waals surface area contributed by atoms with Gasteiger partial charge in [0.2, 0.25) is 0 Å². The van der Waals surface area contributed by atoms with Gasteiger partial charge in [0, 0.05) is 11.5 Å². The molecule has 116 valence electrons. The first kappa shape index (κ1) is 16.3. The van der Waals surface area contributed by atoms with E-state index in [0.29, 0.717) is 12.1 Å². The summed E-state index contributed by atoms with van der Waals surface area (Å²) < 4.78 is 61.2. The number of carbonyl (C=O) groups is 1. The van der Waals surface area contributed by atoms with Gasteiger partial charge in [-0.2, -0.15) is 22.0 Å². The summed E-state index contributed by atoms with van der Waals surface area (Å²) in [6.45, 7) is 0. The van der Waals surface area contributed by atoms with Gasteiger partial charge in [0.05, 0.1) is 5.92 Å². The summed E-state index contributed by atoms with van der Waals surface area (Å²) in [5.41, 5.74) is -1.05. The molecular formula is C12H7Cl2F5O2. The standard InChI is InChI=1S/C12H7Cl2F5O2/c13-10(14)7(8(10)9(20)21)5-1-3-6(4-2-5)11(15,16)12(17,18)19/h1-4,7-8H,(H,20,21). The zero-order chi connectivity index (χ0) is 16.2. The first-order chi connectivity index (χ1) is 9.40. The highest BCUT2D eigenvalue weighted by Gasteiger charge is 2.68.